The molecule has 2 rings (SSSR count). The zero-order valence-corrected chi connectivity index (χ0v) is 15.6. The first-order valence-corrected chi connectivity index (χ1v) is 8.31. The molecule has 1 atom stereocenters. The number of nitrogens with one attached hydrogen (secondary N) is 3. The normalized spacial score (nSPS) is 11.5. The molecule has 0 unspecified atom stereocenters. The van der Waals surface area contributed by atoms with Crippen molar-refractivity contribution in [2.45, 2.75) is 26.8 Å². The van der Waals surface area contributed by atoms with E-state index in [1.807, 2.05) is 0 Å². The zero-order chi connectivity index (χ0) is 18.6. The first kappa shape index (κ1) is 18.7. The minimum absolute atomic E-state index is 0.337. The molecule has 8 heteroatoms. The van der Waals surface area contributed by atoms with Gasteiger partial charge >= 0.3 is 0 Å². The number of hydrogen-bond donors (Lipinski definition) is 3. The maximum atomic E-state index is 12.1. The molecule has 0 saturated carbocycles. The topological polar surface area (TPSA) is 100 Å². The Bertz CT molecular complexity index is 799. The number of benzene rings is 1. The maximum absolute atomic E-state index is 12.1. The Morgan fingerprint density at radius 3 is 2.24 bits per heavy atom. The van der Waals surface area contributed by atoms with Gasteiger partial charge in [0, 0.05) is 10.0 Å². The Labute approximate surface area is 153 Å². The van der Waals surface area contributed by atoms with Crippen molar-refractivity contribution in [1.82, 2.24) is 16.2 Å². The van der Waals surface area contributed by atoms with Crippen LogP contribution in [0.3, 0.4) is 0 Å². The summed E-state index contributed by atoms with van der Waals surface area (Å²) in [5, 5.41) is 2.56. The van der Waals surface area contributed by atoms with Crippen molar-refractivity contribution in [2.75, 3.05) is 0 Å². The van der Waals surface area contributed by atoms with E-state index in [-0.39, 0.29) is 5.91 Å². The van der Waals surface area contributed by atoms with Crippen molar-refractivity contribution in [3.05, 3.63) is 57.5 Å². The van der Waals surface area contributed by atoms with Crippen LogP contribution in [0.4, 0.5) is 0 Å². The summed E-state index contributed by atoms with van der Waals surface area (Å²) in [5.74, 6) is -0.362. The molecule has 0 bridgehead atoms. The van der Waals surface area contributed by atoms with Crippen LogP contribution < -0.4 is 16.2 Å². The summed E-state index contributed by atoms with van der Waals surface area (Å²) < 4.78 is 6.12. The SMILES string of the molecule is Cc1cc(C(=O)NNC(=O)[C@@H](C)NC(=O)c2ccc(Br)cc2)c(C)o1. The minimum atomic E-state index is -0.830. The predicted molar refractivity (Wildman–Crippen MR) is 94.9 cm³/mol. The molecule has 0 aliphatic heterocycles. The van der Waals surface area contributed by atoms with Crippen LogP contribution in [0, 0.1) is 13.8 Å². The first-order valence-electron chi connectivity index (χ1n) is 7.51. The molecule has 132 valence electrons. The van der Waals surface area contributed by atoms with Crippen molar-refractivity contribution in [3.8, 4) is 0 Å². The first-order chi connectivity index (χ1) is 11.8. The number of hydrogen-bond acceptors (Lipinski definition) is 4. The Kier molecular flexibility index (Phi) is 5.97. The molecule has 1 heterocycles. The lowest BCUT2D eigenvalue weighted by atomic mass is 10.2. The van der Waals surface area contributed by atoms with Gasteiger partial charge in [-0.25, -0.2) is 0 Å². The number of furan rings is 1. The van der Waals surface area contributed by atoms with Crippen molar-refractivity contribution < 1.29 is 18.8 Å². The monoisotopic (exact) mass is 407 g/mol. The molecular formula is C17H18BrN3O4. The van der Waals surface area contributed by atoms with Gasteiger partial charge in [-0.1, -0.05) is 15.9 Å². The summed E-state index contributed by atoms with van der Waals surface area (Å²) in [4.78, 5) is 36.1. The van der Waals surface area contributed by atoms with E-state index in [0.717, 1.165) is 4.47 Å². The maximum Gasteiger partial charge on any atom is 0.273 e. The van der Waals surface area contributed by atoms with Gasteiger partial charge in [0.1, 0.15) is 17.6 Å². The third-order valence-corrected chi connectivity index (χ3v) is 3.96. The van der Waals surface area contributed by atoms with Gasteiger partial charge in [-0.15, -0.1) is 0 Å². The third kappa shape index (κ3) is 4.93. The molecule has 0 aliphatic carbocycles. The fraction of sp³-hybridized carbons (Fsp3) is 0.235. The largest absolute Gasteiger partial charge is 0.466 e. The van der Waals surface area contributed by atoms with Crippen LogP contribution in [-0.4, -0.2) is 23.8 Å². The highest BCUT2D eigenvalue weighted by atomic mass is 79.9. The average Bonchev–Trinajstić information content (AvgIpc) is 2.91. The summed E-state index contributed by atoms with van der Waals surface area (Å²) in [5.41, 5.74) is 5.34. The number of hydrazine groups is 1. The average molecular weight is 408 g/mol. The van der Waals surface area contributed by atoms with E-state index in [1.54, 1.807) is 44.2 Å². The zero-order valence-electron chi connectivity index (χ0n) is 14.0. The second-order valence-corrected chi connectivity index (χ2v) is 6.39. The van der Waals surface area contributed by atoms with Crippen LogP contribution in [0.25, 0.3) is 0 Å². The second-order valence-electron chi connectivity index (χ2n) is 5.47. The van der Waals surface area contributed by atoms with Gasteiger partial charge in [0.2, 0.25) is 0 Å². The van der Waals surface area contributed by atoms with Crippen molar-refractivity contribution >= 4 is 33.7 Å². The fourth-order valence-corrected chi connectivity index (χ4v) is 2.36. The molecule has 3 N–H and O–H groups in total. The van der Waals surface area contributed by atoms with E-state index in [4.69, 9.17) is 4.42 Å². The van der Waals surface area contributed by atoms with Gasteiger partial charge in [0.25, 0.3) is 17.7 Å². The molecular weight excluding hydrogens is 390 g/mol. The van der Waals surface area contributed by atoms with Gasteiger partial charge in [-0.05, 0) is 51.1 Å². The van der Waals surface area contributed by atoms with Crippen LogP contribution >= 0.6 is 15.9 Å². The fourth-order valence-electron chi connectivity index (χ4n) is 2.10. The molecule has 2 aromatic rings. The molecule has 0 aliphatic rings. The smallest absolute Gasteiger partial charge is 0.273 e. The number of aryl methyl sites for hydroxylation is 2. The standard InChI is InChI=1S/C17H18BrN3O4/c1-9-8-14(11(3)25-9)17(24)21-20-15(22)10(2)19-16(23)12-4-6-13(18)7-5-12/h4-8,10H,1-3H3,(H,19,23)(H,20,22)(H,21,24)/t10-/m1/s1. The molecule has 7 nitrogen and oxygen atoms in total. The molecule has 25 heavy (non-hydrogen) atoms. The highest BCUT2D eigenvalue weighted by Crippen LogP contribution is 2.13. The number of carbonyl (C=O) groups excluding carboxylic acids is 3. The highest BCUT2D eigenvalue weighted by Gasteiger charge is 2.19. The number of carbonyl (C=O) groups is 3. The van der Waals surface area contributed by atoms with Crippen LogP contribution in [0.15, 0.2) is 39.2 Å². The third-order valence-electron chi connectivity index (χ3n) is 3.43. The molecule has 3 amide bonds. The predicted octanol–water partition coefficient (Wildman–Crippen LogP) is 2.24. The van der Waals surface area contributed by atoms with E-state index < -0.39 is 17.9 Å². The lowest BCUT2D eigenvalue weighted by Gasteiger charge is -2.14. The lowest BCUT2D eigenvalue weighted by Crippen LogP contribution is -2.51. The molecule has 0 spiro atoms. The van der Waals surface area contributed by atoms with Gasteiger partial charge < -0.3 is 9.73 Å². The van der Waals surface area contributed by atoms with E-state index in [1.165, 1.54) is 6.92 Å². The van der Waals surface area contributed by atoms with Gasteiger partial charge in [-0.2, -0.15) is 0 Å². The summed E-state index contributed by atoms with van der Waals surface area (Å²) in [6.45, 7) is 4.90. The molecule has 0 saturated heterocycles. The highest BCUT2D eigenvalue weighted by molar-refractivity contribution is 9.10. The Balaban J connectivity index is 1.87. The van der Waals surface area contributed by atoms with E-state index >= 15 is 0 Å². The number of halogens is 1. The Hall–Kier alpha value is -2.61. The van der Waals surface area contributed by atoms with Gasteiger partial charge in [0.05, 0.1) is 5.56 Å². The Morgan fingerprint density at radius 2 is 1.68 bits per heavy atom. The minimum Gasteiger partial charge on any atom is -0.466 e. The van der Waals surface area contributed by atoms with E-state index in [2.05, 4.69) is 32.1 Å². The Morgan fingerprint density at radius 1 is 1.04 bits per heavy atom. The van der Waals surface area contributed by atoms with Gasteiger partial charge in [-0.3, -0.25) is 25.2 Å². The quantitative estimate of drug-likeness (QED) is 0.676. The van der Waals surface area contributed by atoms with E-state index in [0.29, 0.717) is 22.6 Å². The molecule has 1 aromatic heterocycles. The van der Waals surface area contributed by atoms with Crippen molar-refractivity contribution in [1.29, 1.82) is 0 Å². The molecule has 0 radical (unpaired) electrons. The van der Waals surface area contributed by atoms with Crippen LogP contribution in [-0.2, 0) is 4.79 Å². The summed E-state index contributed by atoms with van der Waals surface area (Å²) in [6, 6.07) is 7.48. The number of rotatable bonds is 4. The van der Waals surface area contributed by atoms with Crippen LogP contribution in [0.2, 0.25) is 0 Å². The van der Waals surface area contributed by atoms with E-state index in [9.17, 15) is 14.4 Å². The van der Waals surface area contributed by atoms with Crippen LogP contribution in [0.5, 0.6) is 0 Å². The molecule has 1 aromatic carbocycles. The van der Waals surface area contributed by atoms with Crippen molar-refractivity contribution in [3.63, 3.8) is 0 Å². The lowest BCUT2D eigenvalue weighted by molar-refractivity contribution is -0.123. The van der Waals surface area contributed by atoms with Crippen molar-refractivity contribution in [2.24, 2.45) is 0 Å². The van der Waals surface area contributed by atoms with Crippen LogP contribution in [0.1, 0.15) is 39.2 Å². The summed E-state index contributed by atoms with van der Waals surface area (Å²) in [6.07, 6.45) is 0. The summed E-state index contributed by atoms with van der Waals surface area (Å²) >= 11 is 3.29. The molecule has 0 fully saturated rings. The number of amides is 3. The van der Waals surface area contributed by atoms with Gasteiger partial charge in [0.15, 0.2) is 0 Å². The summed E-state index contributed by atoms with van der Waals surface area (Å²) in [7, 11) is 0. The second kappa shape index (κ2) is 7.98.